The SMILES string of the molecule is COc1cc([N+](=O)[O-])ccc1N=Nc1c(N)ccc2cc([S+](=O)(O)O)cc([O-])c12. The fraction of sp³-hybridized carbons (Fsp3) is 0.0588. The summed E-state index contributed by atoms with van der Waals surface area (Å²) in [6.07, 6.45) is 0. The van der Waals surface area contributed by atoms with Gasteiger partial charge < -0.3 is 15.6 Å². The summed E-state index contributed by atoms with van der Waals surface area (Å²) >= 11 is 0. The minimum Gasteiger partial charge on any atom is -0.872 e. The number of nitrogen functional groups attached to an aromatic ring is 1. The molecule has 29 heavy (non-hydrogen) atoms. The number of hydrogen-bond acceptors (Lipinski definition) is 8. The number of nitro groups is 1. The largest absolute Gasteiger partial charge is 0.872 e. The molecule has 0 unspecified atom stereocenters. The molecule has 3 rings (SSSR count). The maximum absolute atomic E-state index is 12.5. The molecule has 0 amide bonds. The zero-order chi connectivity index (χ0) is 21.3. The molecule has 0 heterocycles. The van der Waals surface area contributed by atoms with Gasteiger partial charge in [0.2, 0.25) is 4.90 Å². The number of methoxy groups -OCH3 is 1. The second-order valence-corrected chi connectivity index (χ2v) is 7.30. The van der Waals surface area contributed by atoms with Crippen molar-refractivity contribution in [2.45, 2.75) is 4.90 Å². The lowest BCUT2D eigenvalue weighted by Crippen LogP contribution is -2.08. The molecule has 0 aliphatic heterocycles. The monoisotopic (exact) mass is 418 g/mol. The molecule has 3 aromatic rings. The quantitative estimate of drug-likeness (QED) is 0.184. The van der Waals surface area contributed by atoms with Crippen LogP contribution in [-0.4, -0.2) is 21.1 Å². The van der Waals surface area contributed by atoms with Gasteiger partial charge in [-0.1, -0.05) is 11.8 Å². The normalized spacial score (nSPS) is 11.8. The van der Waals surface area contributed by atoms with Crippen molar-refractivity contribution in [3.8, 4) is 11.5 Å². The van der Waals surface area contributed by atoms with Gasteiger partial charge in [-0.05, 0) is 27.8 Å². The standard InChI is InChI=1S/C17H14N4O7S/c1-28-15-7-10(21(23)24)3-5-13(15)19-20-17-12(18)4-2-9-6-11(29(25,26)27)8-14(22)16(9)17/h2-8H,1H3,(H4-,18,19,20,22,25,26,27). The van der Waals surface area contributed by atoms with Gasteiger partial charge in [0.05, 0.1) is 23.8 Å². The first kappa shape index (κ1) is 20.1. The Balaban J connectivity index is 2.14. The summed E-state index contributed by atoms with van der Waals surface area (Å²) in [5.41, 5.74) is 5.98. The molecule has 0 saturated heterocycles. The number of rotatable bonds is 5. The third-order valence-corrected chi connectivity index (χ3v) is 4.85. The molecule has 0 aliphatic rings. The van der Waals surface area contributed by atoms with E-state index in [1.54, 1.807) is 0 Å². The lowest BCUT2D eigenvalue weighted by Gasteiger charge is -2.14. The average Bonchev–Trinajstić information content (AvgIpc) is 2.66. The van der Waals surface area contributed by atoms with Crippen LogP contribution >= 0.6 is 0 Å². The lowest BCUT2D eigenvalue weighted by molar-refractivity contribution is -0.384. The van der Waals surface area contributed by atoms with Gasteiger partial charge in [0, 0.05) is 17.5 Å². The van der Waals surface area contributed by atoms with Crippen LogP contribution in [0.5, 0.6) is 11.5 Å². The number of nitrogens with two attached hydrogens (primary N) is 1. The van der Waals surface area contributed by atoms with Crippen LogP contribution in [-0.2, 0) is 14.7 Å². The fourth-order valence-electron chi connectivity index (χ4n) is 2.63. The predicted molar refractivity (Wildman–Crippen MR) is 103 cm³/mol. The van der Waals surface area contributed by atoms with Gasteiger partial charge in [-0.3, -0.25) is 10.1 Å². The van der Waals surface area contributed by atoms with Crippen molar-refractivity contribution in [2.75, 3.05) is 12.8 Å². The Morgan fingerprint density at radius 3 is 2.48 bits per heavy atom. The van der Waals surface area contributed by atoms with Crippen LogP contribution in [0.2, 0.25) is 0 Å². The van der Waals surface area contributed by atoms with E-state index in [9.17, 15) is 28.5 Å². The first-order valence-corrected chi connectivity index (χ1v) is 9.35. The Bertz CT molecular complexity index is 1210. The number of nitro benzene ring substituents is 1. The van der Waals surface area contributed by atoms with Gasteiger partial charge in [-0.2, -0.15) is 9.11 Å². The number of nitrogens with zero attached hydrogens (tertiary/aromatic N) is 3. The molecule has 0 fully saturated rings. The van der Waals surface area contributed by atoms with Crippen LogP contribution < -0.4 is 15.6 Å². The van der Waals surface area contributed by atoms with Crippen LogP contribution in [0.15, 0.2) is 57.6 Å². The minimum atomic E-state index is -4.32. The van der Waals surface area contributed by atoms with Crippen LogP contribution in [0, 0.1) is 10.1 Å². The maximum Gasteiger partial charge on any atom is 0.386 e. The first-order chi connectivity index (χ1) is 13.6. The predicted octanol–water partition coefficient (Wildman–Crippen LogP) is 3.63. The molecule has 0 radical (unpaired) electrons. The molecule has 150 valence electrons. The smallest absolute Gasteiger partial charge is 0.386 e. The highest BCUT2D eigenvalue weighted by atomic mass is 32.3. The Kier molecular flexibility index (Phi) is 5.16. The zero-order valence-electron chi connectivity index (χ0n) is 14.8. The van der Waals surface area contributed by atoms with Crippen molar-refractivity contribution in [3.05, 3.63) is 52.6 Å². The molecule has 12 heteroatoms. The molecule has 0 aliphatic carbocycles. The molecule has 0 spiro atoms. The van der Waals surface area contributed by atoms with Crippen molar-refractivity contribution in [1.29, 1.82) is 0 Å². The van der Waals surface area contributed by atoms with E-state index in [1.807, 2.05) is 0 Å². The van der Waals surface area contributed by atoms with Crippen molar-refractivity contribution in [2.24, 2.45) is 10.2 Å². The zero-order valence-corrected chi connectivity index (χ0v) is 15.6. The van der Waals surface area contributed by atoms with Gasteiger partial charge in [0.1, 0.15) is 11.4 Å². The summed E-state index contributed by atoms with van der Waals surface area (Å²) in [6, 6.07) is 8.55. The summed E-state index contributed by atoms with van der Waals surface area (Å²) in [6.45, 7) is 0. The highest BCUT2D eigenvalue weighted by molar-refractivity contribution is 7.92. The molecule has 0 aromatic heterocycles. The third-order valence-electron chi connectivity index (χ3n) is 4.00. The summed E-state index contributed by atoms with van der Waals surface area (Å²) in [5.74, 6) is -0.600. The molecule has 0 saturated carbocycles. The van der Waals surface area contributed by atoms with Gasteiger partial charge in [0.15, 0.2) is 5.75 Å². The van der Waals surface area contributed by atoms with E-state index in [0.29, 0.717) is 0 Å². The van der Waals surface area contributed by atoms with Crippen LogP contribution in [0.25, 0.3) is 10.8 Å². The number of ether oxygens (including phenoxy) is 1. The second-order valence-electron chi connectivity index (χ2n) is 5.83. The van der Waals surface area contributed by atoms with Crippen molar-refractivity contribution in [3.63, 3.8) is 0 Å². The van der Waals surface area contributed by atoms with E-state index in [0.717, 1.165) is 6.07 Å². The first-order valence-electron chi connectivity index (χ1n) is 7.88. The molecule has 11 nitrogen and oxygen atoms in total. The van der Waals surface area contributed by atoms with Crippen molar-refractivity contribution in [1.82, 2.24) is 0 Å². The third kappa shape index (κ3) is 3.99. The van der Waals surface area contributed by atoms with E-state index < -0.39 is 26.1 Å². The highest BCUT2D eigenvalue weighted by Crippen LogP contribution is 2.40. The van der Waals surface area contributed by atoms with E-state index in [4.69, 9.17) is 10.5 Å². The van der Waals surface area contributed by atoms with Crippen LogP contribution in [0.4, 0.5) is 22.7 Å². The maximum atomic E-state index is 12.5. The average molecular weight is 418 g/mol. The van der Waals surface area contributed by atoms with Gasteiger partial charge in [-0.15, -0.1) is 10.2 Å². The Hall–Kier alpha value is -3.61. The van der Waals surface area contributed by atoms with Gasteiger partial charge in [0.25, 0.3) is 5.69 Å². The van der Waals surface area contributed by atoms with Crippen LogP contribution in [0.3, 0.4) is 0 Å². The van der Waals surface area contributed by atoms with Gasteiger partial charge in [-0.25, -0.2) is 0 Å². The molecule has 4 N–H and O–H groups in total. The van der Waals surface area contributed by atoms with Gasteiger partial charge >= 0.3 is 10.5 Å². The molecule has 0 atom stereocenters. The molecular formula is C17H14N4O7S. The highest BCUT2D eigenvalue weighted by Gasteiger charge is 2.26. The van der Waals surface area contributed by atoms with E-state index >= 15 is 0 Å². The summed E-state index contributed by atoms with van der Waals surface area (Å²) in [5, 5.41) is 31.6. The van der Waals surface area contributed by atoms with Crippen LogP contribution in [0.1, 0.15) is 0 Å². The lowest BCUT2D eigenvalue weighted by atomic mass is 10.1. The summed E-state index contributed by atoms with van der Waals surface area (Å²) in [4.78, 5) is 9.84. The molecule has 0 bridgehead atoms. The number of anilines is 1. The second kappa shape index (κ2) is 7.43. The molecule has 3 aromatic carbocycles. The topological polar surface area (TPSA) is 184 Å². The number of azo groups is 1. The van der Waals surface area contributed by atoms with E-state index in [1.165, 1.54) is 43.5 Å². The number of non-ortho nitro benzene ring substituents is 1. The summed E-state index contributed by atoms with van der Waals surface area (Å²) < 4.78 is 35.1. The Labute approximate surface area is 164 Å². The summed E-state index contributed by atoms with van der Waals surface area (Å²) in [7, 11) is -3.01. The molecular weight excluding hydrogens is 404 g/mol. The van der Waals surface area contributed by atoms with Crippen molar-refractivity contribution >= 4 is 44.0 Å². The minimum absolute atomic E-state index is 0.00170. The van der Waals surface area contributed by atoms with Crippen molar-refractivity contribution < 1.29 is 28.1 Å². The number of fused-ring (bicyclic) bond motifs is 1. The Morgan fingerprint density at radius 2 is 1.86 bits per heavy atom. The number of hydrogen-bond donors (Lipinski definition) is 3. The number of benzene rings is 3. The fourth-order valence-corrected chi connectivity index (χ4v) is 3.17. The van der Waals surface area contributed by atoms with E-state index in [-0.39, 0.29) is 39.3 Å². The Morgan fingerprint density at radius 1 is 1.14 bits per heavy atom. The van der Waals surface area contributed by atoms with E-state index in [2.05, 4.69) is 10.2 Å².